The summed E-state index contributed by atoms with van der Waals surface area (Å²) in [5.74, 6) is 1.05. The molecule has 1 aliphatic rings. The van der Waals surface area contributed by atoms with Crippen molar-refractivity contribution in [3.8, 4) is 5.75 Å². The summed E-state index contributed by atoms with van der Waals surface area (Å²) in [7, 11) is 0. The monoisotopic (exact) mass is 417 g/mol. The Bertz CT molecular complexity index is 703. The fraction of sp³-hybridized carbons (Fsp3) is 0.400. The highest BCUT2D eigenvalue weighted by Crippen LogP contribution is 2.23. The van der Waals surface area contributed by atoms with E-state index in [0.29, 0.717) is 13.0 Å². The molecule has 3 rings (SSSR count). The second-order valence-electron chi connectivity index (χ2n) is 6.39. The molecule has 1 aromatic carbocycles. The molecule has 1 aromatic heterocycles. The number of carbonyl (C=O) groups is 1. The Balaban J connectivity index is 1.34. The average Bonchev–Trinajstić information content (AvgIpc) is 2.68. The van der Waals surface area contributed by atoms with E-state index in [1.807, 2.05) is 53.7 Å². The summed E-state index contributed by atoms with van der Waals surface area (Å²) in [5, 5.41) is 0. The Kier molecular flexibility index (Phi) is 7.03. The molecule has 0 atom stereocenters. The number of para-hydroxylation sites is 1. The van der Waals surface area contributed by atoms with E-state index < -0.39 is 0 Å². The summed E-state index contributed by atoms with van der Waals surface area (Å²) >= 11 is 3.46. The quantitative estimate of drug-likeness (QED) is 0.648. The fourth-order valence-corrected chi connectivity index (χ4v) is 3.43. The van der Waals surface area contributed by atoms with Gasteiger partial charge in [-0.3, -0.25) is 14.7 Å². The van der Waals surface area contributed by atoms with Gasteiger partial charge >= 0.3 is 0 Å². The van der Waals surface area contributed by atoms with Gasteiger partial charge in [0.15, 0.2) is 0 Å². The summed E-state index contributed by atoms with van der Waals surface area (Å²) < 4.78 is 6.67. The number of pyridine rings is 1. The lowest BCUT2D eigenvalue weighted by atomic mass is 10.2. The van der Waals surface area contributed by atoms with E-state index in [1.54, 1.807) is 0 Å². The normalized spacial score (nSPS) is 15.0. The Morgan fingerprint density at radius 1 is 1.08 bits per heavy atom. The molecule has 0 N–H and O–H groups in total. The van der Waals surface area contributed by atoms with Gasteiger partial charge in [0.1, 0.15) is 5.75 Å². The minimum Gasteiger partial charge on any atom is -0.492 e. The van der Waals surface area contributed by atoms with E-state index in [-0.39, 0.29) is 5.91 Å². The molecule has 0 spiro atoms. The number of rotatable bonds is 7. The SMILES string of the molecule is O=C(CCCOc1ccccc1Br)N1CCN(Cc2ccncc2)CC1. The van der Waals surface area contributed by atoms with E-state index in [2.05, 4.69) is 25.8 Å². The van der Waals surface area contributed by atoms with Gasteiger partial charge in [0.25, 0.3) is 0 Å². The zero-order chi connectivity index (χ0) is 18.2. The number of carbonyl (C=O) groups excluding carboxylic acids is 1. The molecule has 1 fully saturated rings. The van der Waals surface area contributed by atoms with Crippen LogP contribution in [0.3, 0.4) is 0 Å². The topological polar surface area (TPSA) is 45.7 Å². The number of hydrogen-bond acceptors (Lipinski definition) is 4. The molecule has 26 heavy (non-hydrogen) atoms. The molecule has 1 amide bonds. The van der Waals surface area contributed by atoms with Gasteiger partial charge in [-0.25, -0.2) is 0 Å². The first-order chi connectivity index (χ1) is 12.7. The smallest absolute Gasteiger partial charge is 0.222 e. The largest absolute Gasteiger partial charge is 0.492 e. The lowest BCUT2D eigenvalue weighted by Crippen LogP contribution is -2.48. The number of halogens is 1. The van der Waals surface area contributed by atoms with Gasteiger partial charge in [0.05, 0.1) is 11.1 Å². The van der Waals surface area contributed by atoms with Crippen molar-refractivity contribution in [1.82, 2.24) is 14.8 Å². The molecular formula is C20H24BrN3O2. The van der Waals surface area contributed by atoms with E-state index in [4.69, 9.17) is 4.74 Å². The van der Waals surface area contributed by atoms with E-state index in [0.717, 1.165) is 49.4 Å². The maximum Gasteiger partial charge on any atom is 0.222 e. The van der Waals surface area contributed by atoms with Gasteiger partial charge in [-0.15, -0.1) is 0 Å². The maximum atomic E-state index is 12.4. The molecule has 0 bridgehead atoms. The highest BCUT2D eigenvalue weighted by atomic mass is 79.9. The van der Waals surface area contributed by atoms with Crippen molar-refractivity contribution in [3.05, 3.63) is 58.8 Å². The molecule has 2 aromatic rings. The minimum atomic E-state index is 0.226. The number of amides is 1. The maximum absolute atomic E-state index is 12.4. The van der Waals surface area contributed by atoms with Crippen molar-refractivity contribution >= 4 is 21.8 Å². The highest BCUT2D eigenvalue weighted by molar-refractivity contribution is 9.10. The van der Waals surface area contributed by atoms with Crippen LogP contribution in [0.25, 0.3) is 0 Å². The first kappa shape index (κ1) is 18.9. The van der Waals surface area contributed by atoms with Crippen LogP contribution in [-0.4, -0.2) is 53.5 Å². The number of hydrogen-bond donors (Lipinski definition) is 0. The van der Waals surface area contributed by atoms with Crippen LogP contribution < -0.4 is 4.74 Å². The summed E-state index contributed by atoms with van der Waals surface area (Å²) in [6.45, 7) is 4.91. The van der Waals surface area contributed by atoms with Gasteiger partial charge in [0.2, 0.25) is 5.91 Å². The molecule has 0 unspecified atom stereocenters. The lowest BCUT2D eigenvalue weighted by molar-refractivity contribution is -0.133. The van der Waals surface area contributed by atoms with Gasteiger partial charge in [-0.1, -0.05) is 12.1 Å². The second kappa shape index (κ2) is 9.69. The molecule has 6 heteroatoms. The number of nitrogens with zero attached hydrogens (tertiary/aromatic N) is 3. The van der Waals surface area contributed by atoms with Crippen LogP contribution in [0.15, 0.2) is 53.3 Å². The summed E-state index contributed by atoms with van der Waals surface area (Å²) in [6.07, 6.45) is 4.92. The molecule has 0 aliphatic carbocycles. The van der Waals surface area contributed by atoms with Crippen molar-refractivity contribution in [2.75, 3.05) is 32.8 Å². The van der Waals surface area contributed by atoms with Crippen LogP contribution in [0.1, 0.15) is 18.4 Å². The zero-order valence-corrected chi connectivity index (χ0v) is 16.4. The molecule has 5 nitrogen and oxygen atoms in total. The van der Waals surface area contributed by atoms with Gasteiger partial charge in [0, 0.05) is 51.5 Å². The van der Waals surface area contributed by atoms with Crippen LogP contribution in [-0.2, 0) is 11.3 Å². The van der Waals surface area contributed by atoms with Crippen molar-refractivity contribution in [3.63, 3.8) is 0 Å². The standard InChI is InChI=1S/C20H24BrN3O2/c21-18-4-1-2-5-19(18)26-15-3-6-20(25)24-13-11-23(12-14-24)16-17-7-9-22-10-8-17/h1-2,4-5,7-10H,3,6,11-16H2. The predicted molar refractivity (Wildman–Crippen MR) is 105 cm³/mol. The highest BCUT2D eigenvalue weighted by Gasteiger charge is 2.20. The molecule has 0 saturated carbocycles. The second-order valence-corrected chi connectivity index (χ2v) is 7.25. The minimum absolute atomic E-state index is 0.226. The van der Waals surface area contributed by atoms with E-state index >= 15 is 0 Å². The first-order valence-electron chi connectivity index (χ1n) is 8.99. The summed E-state index contributed by atoms with van der Waals surface area (Å²) in [6, 6.07) is 11.9. The van der Waals surface area contributed by atoms with Crippen molar-refractivity contribution < 1.29 is 9.53 Å². The van der Waals surface area contributed by atoms with Crippen LogP contribution in [0.4, 0.5) is 0 Å². The molecule has 1 aliphatic heterocycles. The molecular weight excluding hydrogens is 394 g/mol. The number of benzene rings is 1. The molecule has 138 valence electrons. The third-order valence-corrected chi connectivity index (χ3v) is 5.16. The van der Waals surface area contributed by atoms with E-state index in [1.165, 1.54) is 5.56 Å². The van der Waals surface area contributed by atoms with Crippen molar-refractivity contribution in [2.45, 2.75) is 19.4 Å². The lowest BCUT2D eigenvalue weighted by Gasteiger charge is -2.34. The Morgan fingerprint density at radius 2 is 1.81 bits per heavy atom. The fourth-order valence-electron chi connectivity index (χ4n) is 3.03. The van der Waals surface area contributed by atoms with Crippen LogP contribution in [0, 0.1) is 0 Å². The van der Waals surface area contributed by atoms with Crippen LogP contribution >= 0.6 is 15.9 Å². The average molecular weight is 418 g/mol. The third kappa shape index (κ3) is 5.54. The summed E-state index contributed by atoms with van der Waals surface area (Å²) in [5.41, 5.74) is 1.27. The number of aromatic nitrogens is 1. The Labute approximate surface area is 163 Å². The van der Waals surface area contributed by atoms with Gasteiger partial charge < -0.3 is 9.64 Å². The molecule has 0 radical (unpaired) electrons. The van der Waals surface area contributed by atoms with Crippen molar-refractivity contribution in [2.24, 2.45) is 0 Å². The molecule has 1 saturated heterocycles. The van der Waals surface area contributed by atoms with Gasteiger partial charge in [-0.05, 0) is 52.2 Å². The van der Waals surface area contributed by atoms with E-state index in [9.17, 15) is 4.79 Å². The third-order valence-electron chi connectivity index (χ3n) is 4.51. The van der Waals surface area contributed by atoms with Crippen LogP contribution in [0.2, 0.25) is 0 Å². The number of ether oxygens (including phenoxy) is 1. The Morgan fingerprint density at radius 3 is 2.54 bits per heavy atom. The van der Waals surface area contributed by atoms with Crippen LogP contribution in [0.5, 0.6) is 5.75 Å². The Hall–Kier alpha value is -1.92. The molecule has 2 heterocycles. The van der Waals surface area contributed by atoms with Gasteiger partial charge in [-0.2, -0.15) is 0 Å². The zero-order valence-electron chi connectivity index (χ0n) is 14.8. The van der Waals surface area contributed by atoms with Crippen molar-refractivity contribution in [1.29, 1.82) is 0 Å². The summed E-state index contributed by atoms with van der Waals surface area (Å²) in [4.78, 5) is 20.8. The predicted octanol–water partition coefficient (Wildman–Crippen LogP) is 3.35. The first-order valence-corrected chi connectivity index (χ1v) is 9.78. The number of piperazine rings is 1.